The Bertz CT molecular complexity index is 2070. The maximum atomic E-state index is 5.08. The van der Waals surface area contributed by atoms with Crippen LogP contribution in [0.15, 0.2) is 85.2 Å². The highest BCUT2D eigenvalue weighted by Gasteiger charge is 2.30. The number of aromatic nitrogens is 4. The van der Waals surface area contributed by atoms with Gasteiger partial charge in [-0.25, -0.2) is 9.97 Å². The van der Waals surface area contributed by atoms with Crippen LogP contribution in [-0.2, 0) is 12.8 Å². The molecule has 7 aromatic rings. The molecule has 4 heteroatoms. The zero-order chi connectivity index (χ0) is 22.7. The van der Waals surface area contributed by atoms with E-state index in [1.165, 1.54) is 49.9 Å². The molecule has 4 heterocycles. The summed E-state index contributed by atoms with van der Waals surface area (Å²) in [4.78, 5) is 14.5. The smallest absolute Gasteiger partial charge is 0.178 e. The quantitative estimate of drug-likeness (QED) is 0.243. The van der Waals surface area contributed by atoms with Crippen molar-refractivity contribution in [2.75, 3.05) is 0 Å². The Balaban J connectivity index is 1.48. The van der Waals surface area contributed by atoms with Gasteiger partial charge in [0.2, 0.25) is 0 Å². The van der Waals surface area contributed by atoms with E-state index in [2.05, 4.69) is 70.0 Å². The summed E-state index contributed by atoms with van der Waals surface area (Å²) in [6.07, 6.45) is 5.67. The van der Waals surface area contributed by atoms with E-state index in [1.54, 1.807) is 0 Å². The summed E-state index contributed by atoms with van der Waals surface area (Å²) in [7, 11) is 0. The lowest BCUT2D eigenvalue weighted by molar-refractivity contribution is 1.23. The van der Waals surface area contributed by atoms with Gasteiger partial charge in [0.15, 0.2) is 5.65 Å². The highest BCUT2D eigenvalue weighted by Crippen LogP contribution is 2.50. The van der Waals surface area contributed by atoms with Crippen LogP contribution in [0.5, 0.6) is 0 Å². The fraction of sp³-hybridized carbons (Fsp3) is 0.0645. The average molecular weight is 447 g/mol. The van der Waals surface area contributed by atoms with E-state index in [1.807, 2.05) is 24.5 Å². The number of hydrogen-bond donors (Lipinski definition) is 0. The van der Waals surface area contributed by atoms with E-state index in [-0.39, 0.29) is 0 Å². The van der Waals surface area contributed by atoms with Crippen LogP contribution < -0.4 is 0 Å². The standard InChI is InChI=1S/C31H18N4/c1-2-6-20-17(5-1)15-18-9-11-21-23(26(18)20)16-19-10-12-22-28(27(19)21)31-34-30-25(8-4-14-33-30)35(31)24-7-3-13-32-29(22)24/h1-14H,15-16H2. The van der Waals surface area contributed by atoms with E-state index >= 15 is 0 Å². The second-order valence-corrected chi connectivity index (χ2v) is 9.65. The minimum Gasteiger partial charge on any atom is -0.288 e. The summed E-state index contributed by atoms with van der Waals surface area (Å²) < 4.78 is 2.24. The molecule has 0 saturated carbocycles. The van der Waals surface area contributed by atoms with Crippen molar-refractivity contribution in [3.05, 3.63) is 107 Å². The molecule has 3 aromatic carbocycles. The van der Waals surface area contributed by atoms with Gasteiger partial charge in [-0.3, -0.25) is 9.38 Å². The molecule has 9 rings (SSSR count). The SMILES string of the molecule is c1ccc2c(c1)Cc1ccc3c(c1-2)Cc1ccc2c4ncccc4n4c5cccnc5nc4c2c1-3. The van der Waals surface area contributed by atoms with Gasteiger partial charge in [0.25, 0.3) is 0 Å². The molecule has 162 valence electrons. The molecule has 0 saturated heterocycles. The number of fused-ring (bicyclic) bond motifs is 16. The van der Waals surface area contributed by atoms with Gasteiger partial charge < -0.3 is 0 Å². The molecule has 0 spiro atoms. The molecule has 2 aliphatic rings. The number of rotatable bonds is 0. The third kappa shape index (κ3) is 2.11. The molecule has 0 atom stereocenters. The van der Waals surface area contributed by atoms with Crippen LogP contribution >= 0.6 is 0 Å². The lowest BCUT2D eigenvalue weighted by Crippen LogP contribution is -1.95. The van der Waals surface area contributed by atoms with E-state index in [9.17, 15) is 0 Å². The molecule has 0 bridgehead atoms. The normalized spacial score (nSPS) is 13.5. The summed E-state index contributed by atoms with van der Waals surface area (Å²) in [5.74, 6) is 0. The van der Waals surface area contributed by atoms with Crippen molar-refractivity contribution < 1.29 is 0 Å². The Labute approximate surface area is 200 Å². The molecular formula is C31H18N4. The van der Waals surface area contributed by atoms with Gasteiger partial charge >= 0.3 is 0 Å². The van der Waals surface area contributed by atoms with Crippen LogP contribution in [0, 0.1) is 0 Å². The summed E-state index contributed by atoms with van der Waals surface area (Å²) >= 11 is 0. The highest BCUT2D eigenvalue weighted by molar-refractivity contribution is 6.19. The largest absolute Gasteiger partial charge is 0.288 e. The number of imidazole rings is 1. The van der Waals surface area contributed by atoms with E-state index < -0.39 is 0 Å². The van der Waals surface area contributed by atoms with Crippen molar-refractivity contribution in [2.45, 2.75) is 12.8 Å². The molecule has 0 amide bonds. The third-order valence-corrected chi connectivity index (χ3v) is 7.93. The third-order valence-electron chi connectivity index (χ3n) is 7.93. The van der Waals surface area contributed by atoms with Gasteiger partial charge in [-0.15, -0.1) is 0 Å². The maximum absolute atomic E-state index is 5.08. The topological polar surface area (TPSA) is 43.1 Å². The monoisotopic (exact) mass is 446 g/mol. The molecule has 0 radical (unpaired) electrons. The second-order valence-electron chi connectivity index (χ2n) is 9.65. The van der Waals surface area contributed by atoms with Crippen LogP contribution in [0.3, 0.4) is 0 Å². The number of hydrogen-bond acceptors (Lipinski definition) is 3. The van der Waals surface area contributed by atoms with Crippen molar-refractivity contribution in [1.29, 1.82) is 0 Å². The second kappa shape index (κ2) is 6.10. The zero-order valence-corrected chi connectivity index (χ0v) is 18.8. The van der Waals surface area contributed by atoms with Crippen LogP contribution in [0.25, 0.3) is 60.9 Å². The van der Waals surface area contributed by atoms with Gasteiger partial charge in [-0.1, -0.05) is 48.5 Å². The Morgan fingerprint density at radius 1 is 0.629 bits per heavy atom. The van der Waals surface area contributed by atoms with Gasteiger partial charge in [0, 0.05) is 23.2 Å². The minimum absolute atomic E-state index is 0.767. The fourth-order valence-corrected chi connectivity index (χ4v) is 6.55. The fourth-order valence-electron chi connectivity index (χ4n) is 6.55. The predicted molar refractivity (Wildman–Crippen MR) is 140 cm³/mol. The van der Waals surface area contributed by atoms with Gasteiger partial charge in [-0.2, -0.15) is 0 Å². The van der Waals surface area contributed by atoms with Crippen molar-refractivity contribution in [2.24, 2.45) is 0 Å². The summed E-state index contributed by atoms with van der Waals surface area (Å²) in [6.45, 7) is 0. The maximum Gasteiger partial charge on any atom is 0.178 e. The van der Waals surface area contributed by atoms with Gasteiger partial charge in [0.05, 0.1) is 16.6 Å². The number of benzene rings is 3. The Morgan fingerprint density at radius 2 is 1.46 bits per heavy atom. The van der Waals surface area contributed by atoms with E-state index in [4.69, 9.17) is 9.97 Å². The lowest BCUT2D eigenvalue weighted by atomic mass is 9.94. The summed E-state index contributed by atoms with van der Waals surface area (Å²) in [5, 5.41) is 2.33. The van der Waals surface area contributed by atoms with Gasteiger partial charge in [0.1, 0.15) is 5.65 Å². The van der Waals surface area contributed by atoms with Crippen molar-refractivity contribution in [3.8, 4) is 22.3 Å². The average Bonchev–Trinajstić information content (AvgIpc) is 3.59. The first-order valence-corrected chi connectivity index (χ1v) is 12.1. The zero-order valence-electron chi connectivity index (χ0n) is 18.8. The number of nitrogens with zero attached hydrogens (tertiary/aromatic N) is 4. The molecule has 35 heavy (non-hydrogen) atoms. The molecule has 4 aromatic heterocycles. The van der Waals surface area contributed by atoms with E-state index in [0.29, 0.717) is 0 Å². The highest BCUT2D eigenvalue weighted by atomic mass is 15.1. The molecule has 2 aliphatic carbocycles. The van der Waals surface area contributed by atoms with E-state index in [0.717, 1.165) is 46.1 Å². The molecule has 0 aliphatic heterocycles. The molecular weight excluding hydrogens is 428 g/mol. The number of pyridine rings is 3. The van der Waals surface area contributed by atoms with Crippen LogP contribution in [0.2, 0.25) is 0 Å². The summed E-state index contributed by atoms with van der Waals surface area (Å²) in [6, 6.07) is 26.3. The van der Waals surface area contributed by atoms with Crippen LogP contribution in [0.4, 0.5) is 0 Å². The van der Waals surface area contributed by atoms with Crippen molar-refractivity contribution in [1.82, 2.24) is 19.4 Å². The minimum atomic E-state index is 0.767. The van der Waals surface area contributed by atoms with Crippen molar-refractivity contribution in [3.63, 3.8) is 0 Å². The predicted octanol–water partition coefficient (Wildman–Crippen LogP) is 6.73. The molecule has 0 unspecified atom stereocenters. The summed E-state index contributed by atoms with van der Waals surface area (Å²) in [5.41, 5.74) is 15.9. The lowest BCUT2D eigenvalue weighted by Gasteiger charge is -2.13. The molecule has 4 nitrogen and oxygen atoms in total. The first-order chi connectivity index (χ1) is 17.4. The Hall–Kier alpha value is -4.57. The van der Waals surface area contributed by atoms with Crippen LogP contribution in [0.1, 0.15) is 22.3 Å². The van der Waals surface area contributed by atoms with Crippen LogP contribution in [-0.4, -0.2) is 19.4 Å². The Kier molecular flexibility index (Phi) is 3.11. The molecule has 0 fully saturated rings. The Morgan fingerprint density at radius 3 is 2.43 bits per heavy atom. The first-order valence-electron chi connectivity index (χ1n) is 12.1. The van der Waals surface area contributed by atoms with Gasteiger partial charge in [-0.05, 0) is 81.6 Å². The first kappa shape index (κ1) is 17.8. The van der Waals surface area contributed by atoms with Crippen molar-refractivity contribution >= 4 is 38.6 Å². The molecule has 0 N–H and O–H groups in total.